The van der Waals surface area contributed by atoms with Crippen molar-refractivity contribution in [3.63, 3.8) is 0 Å². The fourth-order valence-electron chi connectivity index (χ4n) is 2.74. The fraction of sp³-hybridized carbons (Fsp3) is 0.429. The number of nitrogens with one attached hydrogen (secondary N) is 1. The van der Waals surface area contributed by atoms with E-state index in [0.29, 0.717) is 10.8 Å². The molecule has 2 rings (SSSR count). The van der Waals surface area contributed by atoms with Crippen LogP contribution in [0.1, 0.15) is 51.2 Å². The molecule has 2 aromatic rings. The Morgan fingerprint density at radius 1 is 1.21 bits per heavy atom. The summed E-state index contributed by atoms with van der Waals surface area (Å²) in [6.07, 6.45) is 0.174. The minimum atomic E-state index is -0.330. The van der Waals surface area contributed by atoms with Gasteiger partial charge in [-0.15, -0.1) is 23.1 Å². The van der Waals surface area contributed by atoms with Gasteiger partial charge in [-0.25, -0.2) is 0 Å². The Bertz CT molecular complexity index is 825. The topological polar surface area (TPSA) is 55.4 Å². The molecule has 1 heterocycles. The summed E-state index contributed by atoms with van der Waals surface area (Å²) < 4.78 is 5.74. The van der Waals surface area contributed by atoms with Gasteiger partial charge in [-0.3, -0.25) is 9.59 Å². The Hall–Kier alpha value is -1.31. The van der Waals surface area contributed by atoms with Crippen LogP contribution >= 0.6 is 39.0 Å². The lowest BCUT2D eigenvalue weighted by molar-refractivity contribution is -0.140. The predicted octanol–water partition coefficient (Wildman–Crippen LogP) is 5.91. The predicted molar refractivity (Wildman–Crippen MR) is 120 cm³/mol. The number of benzene rings is 1. The van der Waals surface area contributed by atoms with Crippen LogP contribution in [0.3, 0.4) is 0 Å². The lowest BCUT2D eigenvalue weighted by atomic mass is 10.1. The lowest BCUT2D eigenvalue weighted by Crippen LogP contribution is -2.25. The Morgan fingerprint density at radius 3 is 2.43 bits per heavy atom. The molecule has 0 aliphatic heterocycles. The fourth-order valence-corrected chi connectivity index (χ4v) is 5.59. The number of methoxy groups -OCH3 is 1. The standard InChI is InChI=1S/C21H26BrNO3S2/c1-12(2)20(27-15-10-13(3)19(22)14(4)11-15)16-6-7-17(28-16)21(25)23-9-8-18(24)26-5/h6-7,10-12,20H,8-9H2,1-5H3,(H,23,25). The van der Waals surface area contributed by atoms with Crippen LogP contribution in [0.25, 0.3) is 0 Å². The average Bonchev–Trinajstić information content (AvgIpc) is 3.13. The van der Waals surface area contributed by atoms with Crippen LogP contribution < -0.4 is 5.32 Å². The summed E-state index contributed by atoms with van der Waals surface area (Å²) in [5.74, 6) is -0.0605. The monoisotopic (exact) mass is 483 g/mol. The molecule has 0 saturated heterocycles. The van der Waals surface area contributed by atoms with Crippen molar-refractivity contribution < 1.29 is 14.3 Å². The van der Waals surface area contributed by atoms with E-state index in [0.717, 1.165) is 4.47 Å². The Kier molecular flexibility index (Phi) is 8.58. The number of aryl methyl sites for hydroxylation is 2. The van der Waals surface area contributed by atoms with Gasteiger partial charge in [0, 0.05) is 26.0 Å². The first kappa shape index (κ1) is 23.0. The van der Waals surface area contributed by atoms with Crippen molar-refractivity contribution in [2.24, 2.45) is 5.92 Å². The maximum absolute atomic E-state index is 12.3. The second-order valence-electron chi connectivity index (χ2n) is 6.94. The molecule has 0 bridgehead atoms. The molecular formula is C21H26BrNO3S2. The number of hydrogen-bond acceptors (Lipinski definition) is 5. The van der Waals surface area contributed by atoms with Crippen molar-refractivity contribution in [3.05, 3.63) is 49.6 Å². The Labute approximate surface area is 183 Å². The molecule has 4 nitrogen and oxygen atoms in total. The van der Waals surface area contributed by atoms with Crippen molar-refractivity contribution >= 4 is 50.9 Å². The summed E-state index contributed by atoms with van der Waals surface area (Å²) in [6, 6.07) is 8.30. The summed E-state index contributed by atoms with van der Waals surface area (Å²) in [4.78, 5) is 26.6. The van der Waals surface area contributed by atoms with Crippen LogP contribution in [0.5, 0.6) is 0 Å². The van der Waals surface area contributed by atoms with Crippen LogP contribution in [0.4, 0.5) is 0 Å². The van der Waals surface area contributed by atoms with Gasteiger partial charge in [-0.1, -0.05) is 29.8 Å². The molecule has 0 saturated carbocycles. The van der Waals surface area contributed by atoms with Crippen molar-refractivity contribution in [3.8, 4) is 0 Å². The van der Waals surface area contributed by atoms with Gasteiger partial charge in [0.1, 0.15) is 0 Å². The third-order valence-corrected chi connectivity index (χ3v) is 8.38. The number of thioether (sulfide) groups is 1. The van der Waals surface area contributed by atoms with Gasteiger partial charge in [0.15, 0.2) is 0 Å². The molecule has 1 atom stereocenters. The van der Waals surface area contributed by atoms with E-state index in [1.165, 1.54) is 39.3 Å². The molecule has 1 unspecified atom stereocenters. The van der Waals surface area contributed by atoms with E-state index in [4.69, 9.17) is 0 Å². The van der Waals surface area contributed by atoms with E-state index in [-0.39, 0.29) is 30.1 Å². The maximum Gasteiger partial charge on any atom is 0.307 e. The molecule has 28 heavy (non-hydrogen) atoms. The van der Waals surface area contributed by atoms with Gasteiger partial charge in [0.05, 0.1) is 18.4 Å². The molecule has 7 heteroatoms. The number of thiophene rings is 1. The average molecular weight is 484 g/mol. The van der Waals surface area contributed by atoms with Gasteiger partial charge in [-0.2, -0.15) is 0 Å². The molecule has 1 amide bonds. The van der Waals surface area contributed by atoms with Gasteiger partial charge in [-0.05, 0) is 55.2 Å². The van der Waals surface area contributed by atoms with E-state index >= 15 is 0 Å². The molecule has 0 aliphatic rings. The molecule has 1 aromatic carbocycles. The largest absolute Gasteiger partial charge is 0.469 e. The van der Waals surface area contributed by atoms with Gasteiger partial charge in [0.2, 0.25) is 0 Å². The van der Waals surface area contributed by atoms with Gasteiger partial charge < -0.3 is 10.1 Å². The maximum atomic E-state index is 12.3. The van der Waals surface area contributed by atoms with Crippen molar-refractivity contribution in [1.29, 1.82) is 0 Å². The van der Waals surface area contributed by atoms with Crippen LogP contribution in [-0.2, 0) is 9.53 Å². The molecular weight excluding hydrogens is 458 g/mol. The second kappa shape index (κ2) is 10.5. The van der Waals surface area contributed by atoms with Crippen LogP contribution in [-0.4, -0.2) is 25.5 Å². The van der Waals surface area contributed by atoms with Crippen molar-refractivity contribution in [1.82, 2.24) is 5.32 Å². The van der Waals surface area contributed by atoms with E-state index < -0.39 is 0 Å². The summed E-state index contributed by atoms with van der Waals surface area (Å²) >= 11 is 6.97. The third kappa shape index (κ3) is 6.09. The summed E-state index contributed by atoms with van der Waals surface area (Å²) in [5.41, 5.74) is 2.45. The van der Waals surface area contributed by atoms with E-state index in [2.05, 4.69) is 65.8 Å². The number of rotatable bonds is 8. The van der Waals surface area contributed by atoms with Crippen molar-refractivity contribution in [2.75, 3.05) is 13.7 Å². The zero-order valence-corrected chi connectivity index (χ0v) is 20.0. The minimum Gasteiger partial charge on any atom is -0.469 e. The summed E-state index contributed by atoms with van der Waals surface area (Å²) in [5, 5.41) is 3.04. The highest BCUT2D eigenvalue weighted by atomic mass is 79.9. The molecule has 152 valence electrons. The Balaban J connectivity index is 2.11. The van der Waals surface area contributed by atoms with E-state index in [1.807, 2.05) is 23.9 Å². The molecule has 1 N–H and O–H groups in total. The highest BCUT2D eigenvalue weighted by molar-refractivity contribution is 9.10. The number of ether oxygens (including phenoxy) is 1. The Morgan fingerprint density at radius 2 is 1.86 bits per heavy atom. The second-order valence-corrected chi connectivity index (χ2v) is 10.1. The SMILES string of the molecule is COC(=O)CCNC(=O)c1ccc(C(Sc2cc(C)c(Br)c(C)c2)C(C)C)s1. The number of halogens is 1. The summed E-state index contributed by atoms with van der Waals surface area (Å²) in [6.45, 7) is 8.89. The molecule has 0 spiro atoms. The number of carbonyl (C=O) groups is 2. The summed E-state index contributed by atoms with van der Waals surface area (Å²) in [7, 11) is 1.34. The van der Waals surface area contributed by atoms with E-state index in [1.54, 1.807) is 0 Å². The molecule has 0 radical (unpaired) electrons. The number of amides is 1. The molecule has 1 aromatic heterocycles. The van der Waals surface area contributed by atoms with Crippen LogP contribution in [0, 0.1) is 19.8 Å². The zero-order valence-electron chi connectivity index (χ0n) is 16.8. The number of esters is 1. The number of hydrogen-bond donors (Lipinski definition) is 1. The first-order chi connectivity index (χ1) is 13.2. The van der Waals surface area contributed by atoms with Crippen LogP contribution in [0.15, 0.2) is 33.6 Å². The van der Waals surface area contributed by atoms with Crippen molar-refractivity contribution in [2.45, 2.75) is 44.3 Å². The highest BCUT2D eigenvalue weighted by Crippen LogP contribution is 2.44. The normalized spacial score (nSPS) is 12.1. The smallest absolute Gasteiger partial charge is 0.307 e. The van der Waals surface area contributed by atoms with Gasteiger partial charge >= 0.3 is 5.97 Å². The zero-order chi connectivity index (χ0) is 20.8. The van der Waals surface area contributed by atoms with E-state index in [9.17, 15) is 9.59 Å². The first-order valence-electron chi connectivity index (χ1n) is 9.11. The first-order valence-corrected chi connectivity index (χ1v) is 11.6. The van der Waals surface area contributed by atoms with Gasteiger partial charge in [0.25, 0.3) is 5.91 Å². The number of carbonyl (C=O) groups excluding carboxylic acids is 2. The quantitative estimate of drug-likeness (QED) is 0.374. The molecule has 0 fully saturated rings. The highest BCUT2D eigenvalue weighted by Gasteiger charge is 2.21. The third-order valence-electron chi connectivity index (χ3n) is 4.25. The minimum absolute atomic E-state index is 0.150. The molecule has 0 aliphatic carbocycles. The van der Waals surface area contributed by atoms with Crippen LogP contribution in [0.2, 0.25) is 0 Å². The lowest BCUT2D eigenvalue weighted by Gasteiger charge is -2.20.